The first-order chi connectivity index (χ1) is 12.3. The molecule has 2 aliphatic heterocycles. The molecule has 5 atom stereocenters. The van der Waals surface area contributed by atoms with Crippen LogP contribution in [0.5, 0.6) is 5.75 Å². The van der Waals surface area contributed by atoms with Crippen molar-refractivity contribution in [3.8, 4) is 5.75 Å². The zero-order valence-corrected chi connectivity index (χ0v) is 15.2. The second-order valence-electron chi connectivity index (χ2n) is 6.76. The molecule has 0 spiro atoms. The Morgan fingerprint density at radius 3 is 2.54 bits per heavy atom. The number of nitro groups is 1. The number of fused-ring (bicyclic) bond motifs is 1. The molecule has 0 amide bonds. The SMILES string of the molecule is COc1ccc(N[C@H](C[N+](=O)[O-])[C@H]2O[C@@H]3OC(C)(C)O[C@@H]3[C@H]2OC)cc1. The molecule has 0 bridgehead atoms. The third-order valence-electron chi connectivity index (χ3n) is 4.48. The Hall–Kier alpha value is -1.94. The smallest absolute Gasteiger partial charge is 0.226 e. The molecular formula is C17H24N2O7. The van der Waals surface area contributed by atoms with Gasteiger partial charge in [0.15, 0.2) is 12.1 Å². The van der Waals surface area contributed by atoms with E-state index in [9.17, 15) is 10.1 Å². The average Bonchev–Trinajstić information content (AvgIpc) is 3.05. The van der Waals surface area contributed by atoms with Crippen molar-refractivity contribution in [1.29, 1.82) is 0 Å². The topological polar surface area (TPSA) is 101 Å². The van der Waals surface area contributed by atoms with Crippen LogP contribution in [0.2, 0.25) is 0 Å². The Bertz CT molecular complexity index is 637. The molecule has 9 nitrogen and oxygen atoms in total. The highest BCUT2D eigenvalue weighted by Gasteiger charge is 2.57. The number of rotatable bonds is 7. The first-order valence-corrected chi connectivity index (χ1v) is 8.39. The molecule has 2 aliphatic rings. The fourth-order valence-electron chi connectivity index (χ4n) is 3.39. The Labute approximate surface area is 151 Å². The molecule has 0 unspecified atom stereocenters. The van der Waals surface area contributed by atoms with E-state index in [0.717, 1.165) is 5.69 Å². The van der Waals surface area contributed by atoms with Gasteiger partial charge in [-0.05, 0) is 38.1 Å². The summed E-state index contributed by atoms with van der Waals surface area (Å²) < 4.78 is 28.2. The highest BCUT2D eigenvalue weighted by Crippen LogP contribution is 2.39. The standard InChI is InChI=1S/C17H24N2O7/c1-17(2)25-15-14(23-4)13(24-16(15)26-17)12(9-19(20)21)18-10-5-7-11(22-3)8-6-10/h5-8,12-16,18H,9H2,1-4H3/t12-,13-,14+,15-,16-/m1/s1. The number of ether oxygens (including phenoxy) is 5. The lowest BCUT2D eigenvalue weighted by Crippen LogP contribution is -2.48. The number of benzene rings is 1. The van der Waals surface area contributed by atoms with E-state index < -0.39 is 36.4 Å². The molecule has 2 heterocycles. The maximum atomic E-state index is 11.2. The monoisotopic (exact) mass is 368 g/mol. The number of methoxy groups -OCH3 is 2. The van der Waals surface area contributed by atoms with Gasteiger partial charge in [0.2, 0.25) is 6.54 Å². The lowest BCUT2D eigenvalue weighted by Gasteiger charge is -2.29. The van der Waals surface area contributed by atoms with Crippen LogP contribution in [-0.2, 0) is 18.9 Å². The third kappa shape index (κ3) is 3.90. The predicted octanol–water partition coefficient (Wildman–Crippen LogP) is 1.64. The average molecular weight is 368 g/mol. The van der Waals surface area contributed by atoms with Gasteiger partial charge in [0.05, 0.1) is 7.11 Å². The quantitative estimate of drug-likeness (QED) is 0.573. The summed E-state index contributed by atoms with van der Waals surface area (Å²) in [5.74, 6) is -0.0779. The number of hydrogen-bond acceptors (Lipinski definition) is 8. The summed E-state index contributed by atoms with van der Waals surface area (Å²) in [6.07, 6.45) is -2.14. The molecular weight excluding hydrogens is 344 g/mol. The van der Waals surface area contributed by atoms with E-state index in [1.807, 2.05) is 0 Å². The van der Waals surface area contributed by atoms with Gasteiger partial charge in [-0.25, -0.2) is 0 Å². The minimum Gasteiger partial charge on any atom is -0.497 e. The maximum absolute atomic E-state index is 11.2. The van der Waals surface area contributed by atoms with E-state index >= 15 is 0 Å². The van der Waals surface area contributed by atoms with Gasteiger partial charge >= 0.3 is 0 Å². The van der Waals surface area contributed by atoms with Crippen LogP contribution in [0.4, 0.5) is 5.69 Å². The van der Waals surface area contributed by atoms with Gasteiger partial charge < -0.3 is 29.0 Å². The van der Waals surface area contributed by atoms with Crippen molar-refractivity contribution in [3.63, 3.8) is 0 Å². The second kappa shape index (κ2) is 7.36. The molecule has 0 saturated carbocycles. The second-order valence-corrected chi connectivity index (χ2v) is 6.76. The molecule has 26 heavy (non-hydrogen) atoms. The van der Waals surface area contributed by atoms with Gasteiger partial charge in [-0.2, -0.15) is 0 Å². The van der Waals surface area contributed by atoms with Gasteiger partial charge in [-0.15, -0.1) is 0 Å². The molecule has 1 N–H and O–H groups in total. The normalized spacial score (nSPS) is 30.6. The van der Waals surface area contributed by atoms with Crippen LogP contribution in [0.15, 0.2) is 24.3 Å². The summed E-state index contributed by atoms with van der Waals surface area (Å²) in [5, 5.41) is 14.4. The minimum atomic E-state index is -0.779. The van der Waals surface area contributed by atoms with E-state index in [1.54, 1.807) is 45.2 Å². The first-order valence-electron chi connectivity index (χ1n) is 8.39. The van der Waals surface area contributed by atoms with Gasteiger partial charge in [0.1, 0.15) is 30.1 Å². The summed E-state index contributed by atoms with van der Waals surface area (Å²) in [7, 11) is 3.11. The maximum Gasteiger partial charge on any atom is 0.226 e. The molecule has 1 aromatic rings. The lowest BCUT2D eigenvalue weighted by molar-refractivity contribution is -0.484. The van der Waals surface area contributed by atoms with Crippen molar-refractivity contribution < 1.29 is 28.6 Å². The molecule has 0 radical (unpaired) electrons. The third-order valence-corrected chi connectivity index (χ3v) is 4.48. The van der Waals surface area contributed by atoms with E-state index in [-0.39, 0.29) is 11.5 Å². The van der Waals surface area contributed by atoms with Crippen LogP contribution < -0.4 is 10.1 Å². The van der Waals surface area contributed by atoms with Crippen LogP contribution in [0.25, 0.3) is 0 Å². The molecule has 2 fully saturated rings. The van der Waals surface area contributed by atoms with Crippen molar-refractivity contribution in [2.24, 2.45) is 0 Å². The number of anilines is 1. The van der Waals surface area contributed by atoms with Crippen LogP contribution in [0.1, 0.15) is 13.8 Å². The highest BCUT2D eigenvalue weighted by molar-refractivity contribution is 5.47. The fraction of sp³-hybridized carbons (Fsp3) is 0.647. The van der Waals surface area contributed by atoms with E-state index in [2.05, 4.69) is 5.32 Å². The molecule has 3 rings (SSSR count). The fourth-order valence-corrected chi connectivity index (χ4v) is 3.39. The summed E-state index contributed by atoms with van der Waals surface area (Å²) in [6, 6.07) is 6.51. The Kier molecular flexibility index (Phi) is 5.33. The van der Waals surface area contributed by atoms with Crippen LogP contribution in [0.3, 0.4) is 0 Å². The highest BCUT2D eigenvalue weighted by atomic mass is 16.8. The number of nitrogens with zero attached hydrogens (tertiary/aromatic N) is 1. The van der Waals surface area contributed by atoms with Crippen molar-refractivity contribution >= 4 is 5.69 Å². The van der Waals surface area contributed by atoms with Crippen molar-refractivity contribution in [2.75, 3.05) is 26.1 Å². The Balaban J connectivity index is 1.77. The Morgan fingerprint density at radius 1 is 1.27 bits per heavy atom. The summed E-state index contributed by atoms with van der Waals surface area (Å²) in [6.45, 7) is 3.25. The molecule has 144 valence electrons. The lowest BCUT2D eigenvalue weighted by atomic mass is 10.0. The minimum absolute atomic E-state index is 0.334. The molecule has 1 aromatic carbocycles. The van der Waals surface area contributed by atoms with Crippen LogP contribution in [-0.4, -0.2) is 62.1 Å². The van der Waals surface area contributed by atoms with Crippen molar-refractivity contribution in [2.45, 2.75) is 50.3 Å². The van der Waals surface area contributed by atoms with Crippen LogP contribution >= 0.6 is 0 Å². The van der Waals surface area contributed by atoms with E-state index in [1.165, 1.54) is 7.11 Å². The van der Waals surface area contributed by atoms with Gasteiger partial charge in [-0.1, -0.05) is 0 Å². The van der Waals surface area contributed by atoms with Crippen LogP contribution in [0, 0.1) is 10.1 Å². The summed E-state index contributed by atoms with van der Waals surface area (Å²) >= 11 is 0. The number of hydrogen-bond donors (Lipinski definition) is 1. The molecule has 0 aromatic heterocycles. The zero-order chi connectivity index (χ0) is 18.9. The van der Waals surface area contributed by atoms with Gasteiger partial charge in [0, 0.05) is 17.7 Å². The summed E-state index contributed by atoms with van der Waals surface area (Å²) in [4.78, 5) is 10.8. The van der Waals surface area contributed by atoms with Gasteiger partial charge in [-0.3, -0.25) is 10.1 Å². The zero-order valence-electron chi connectivity index (χ0n) is 15.2. The molecule has 2 saturated heterocycles. The first kappa shape index (κ1) is 18.8. The number of nitrogens with one attached hydrogen (secondary N) is 1. The van der Waals surface area contributed by atoms with E-state index in [4.69, 9.17) is 23.7 Å². The summed E-state index contributed by atoms with van der Waals surface area (Å²) in [5.41, 5.74) is 0.718. The van der Waals surface area contributed by atoms with Crippen molar-refractivity contribution in [3.05, 3.63) is 34.4 Å². The molecule has 9 heteroatoms. The predicted molar refractivity (Wildman–Crippen MR) is 91.8 cm³/mol. The largest absolute Gasteiger partial charge is 0.497 e. The van der Waals surface area contributed by atoms with Crippen molar-refractivity contribution in [1.82, 2.24) is 0 Å². The Morgan fingerprint density at radius 2 is 1.96 bits per heavy atom. The molecule has 0 aliphatic carbocycles. The van der Waals surface area contributed by atoms with Gasteiger partial charge in [0.25, 0.3) is 0 Å². The van der Waals surface area contributed by atoms with E-state index in [0.29, 0.717) is 5.75 Å².